The fourth-order valence-corrected chi connectivity index (χ4v) is 6.23. The Morgan fingerprint density at radius 1 is 0.477 bits per heavy atom. The minimum Gasteiger partial charge on any atom is -0.550 e. The average Bonchev–Trinajstić information content (AvgIpc) is 2.98. The van der Waals surface area contributed by atoms with Crippen molar-refractivity contribution in [1.82, 2.24) is 0 Å². The first-order valence-electron chi connectivity index (χ1n) is 18.4. The molecule has 258 valence electrons. The van der Waals surface area contributed by atoms with Crippen molar-refractivity contribution in [3.05, 3.63) is 12.2 Å². The third-order valence-corrected chi connectivity index (χ3v) is 8.97. The van der Waals surface area contributed by atoms with Crippen LogP contribution in [0.1, 0.15) is 180 Å². The number of hydrogen-bond acceptors (Lipinski definition) is 4. The lowest BCUT2D eigenvalue weighted by Crippen LogP contribution is -2.50. The minimum absolute atomic E-state index is 0.0528. The summed E-state index contributed by atoms with van der Waals surface area (Å²) in [5.41, 5.74) is 0. The van der Waals surface area contributed by atoms with E-state index in [0.717, 1.165) is 62.8 Å². The number of aliphatic carboxylic acids is 3. The predicted molar refractivity (Wildman–Crippen MR) is 179 cm³/mol. The molecule has 0 fully saturated rings. The summed E-state index contributed by atoms with van der Waals surface area (Å²) in [7, 11) is 0. The fraction of sp³-hybridized carbons (Fsp3) is 0.865. The van der Waals surface area contributed by atoms with Gasteiger partial charge in [0.15, 0.2) is 0 Å². The number of nitrogens with zero attached hydrogens (tertiary/aromatic N) is 1. The molecule has 0 aliphatic rings. The van der Waals surface area contributed by atoms with Crippen molar-refractivity contribution < 1.29 is 34.2 Å². The molecule has 0 saturated carbocycles. The fourth-order valence-electron chi connectivity index (χ4n) is 6.23. The second kappa shape index (κ2) is 31.1. The monoisotopic (exact) mass is 624 g/mol. The molecular weight excluding hydrogens is 554 g/mol. The van der Waals surface area contributed by atoms with Crippen molar-refractivity contribution in [3.8, 4) is 0 Å². The van der Waals surface area contributed by atoms with Crippen LogP contribution in [0.3, 0.4) is 0 Å². The zero-order valence-corrected chi connectivity index (χ0v) is 28.5. The van der Waals surface area contributed by atoms with Gasteiger partial charge in [0.25, 0.3) is 0 Å². The third-order valence-electron chi connectivity index (χ3n) is 8.97. The number of carbonyl (C=O) groups is 3. The number of carboxylic acid groups (broad SMARTS) is 3. The van der Waals surface area contributed by atoms with Crippen molar-refractivity contribution >= 4 is 17.9 Å². The lowest BCUT2D eigenvalue weighted by atomic mass is 10.0. The summed E-state index contributed by atoms with van der Waals surface area (Å²) in [4.78, 5) is 32.9. The van der Waals surface area contributed by atoms with Crippen LogP contribution in [-0.4, -0.2) is 58.8 Å². The molecule has 0 bridgehead atoms. The largest absolute Gasteiger partial charge is 0.550 e. The van der Waals surface area contributed by atoms with Crippen LogP contribution < -0.4 is 5.11 Å². The Labute approximate surface area is 270 Å². The quantitative estimate of drug-likeness (QED) is 0.0414. The van der Waals surface area contributed by atoms with E-state index in [1.807, 2.05) is 0 Å². The minimum atomic E-state index is -1.02. The molecule has 0 saturated heterocycles. The molecule has 0 rings (SSSR count). The van der Waals surface area contributed by atoms with Gasteiger partial charge in [0, 0.05) is 25.2 Å². The third kappa shape index (κ3) is 30.1. The van der Waals surface area contributed by atoms with E-state index in [1.165, 1.54) is 103 Å². The van der Waals surface area contributed by atoms with Gasteiger partial charge < -0.3 is 24.6 Å². The van der Waals surface area contributed by atoms with Gasteiger partial charge in [-0.1, -0.05) is 115 Å². The van der Waals surface area contributed by atoms with Crippen LogP contribution in [0.15, 0.2) is 12.2 Å². The molecular formula is C37H69NO6. The lowest BCUT2D eigenvalue weighted by molar-refractivity contribution is -0.928. The lowest BCUT2D eigenvalue weighted by Gasteiger charge is -2.39. The highest BCUT2D eigenvalue weighted by molar-refractivity contribution is 5.66. The number of allylic oxidation sites excluding steroid dienone is 1. The number of unbranched alkanes of at least 4 members (excludes halogenated alkanes) is 19. The zero-order valence-electron chi connectivity index (χ0n) is 28.5. The zero-order chi connectivity index (χ0) is 32.6. The van der Waals surface area contributed by atoms with E-state index in [4.69, 9.17) is 10.2 Å². The molecule has 0 aromatic carbocycles. The van der Waals surface area contributed by atoms with E-state index < -0.39 is 17.9 Å². The normalized spacial score (nSPS) is 11.8. The maximum absolute atomic E-state index is 11.0. The summed E-state index contributed by atoms with van der Waals surface area (Å²) in [6, 6.07) is 0. The second-order valence-electron chi connectivity index (χ2n) is 13.1. The molecule has 0 atom stereocenters. The van der Waals surface area contributed by atoms with Gasteiger partial charge in [-0.25, -0.2) is 0 Å². The van der Waals surface area contributed by atoms with Gasteiger partial charge in [0.1, 0.15) is 0 Å². The van der Waals surface area contributed by atoms with Gasteiger partial charge >= 0.3 is 11.9 Å². The summed E-state index contributed by atoms with van der Waals surface area (Å²) in [5.74, 6) is -2.59. The summed E-state index contributed by atoms with van der Waals surface area (Å²) in [6.45, 7) is 5.72. The van der Waals surface area contributed by atoms with Gasteiger partial charge in [-0.05, 0) is 57.8 Å². The van der Waals surface area contributed by atoms with E-state index in [-0.39, 0.29) is 19.3 Å². The Bertz CT molecular complexity index is 668. The van der Waals surface area contributed by atoms with Gasteiger partial charge in [-0.2, -0.15) is 0 Å². The number of rotatable bonds is 35. The topological polar surface area (TPSA) is 115 Å². The number of carbonyl (C=O) groups excluding carboxylic acids is 1. The first-order valence-corrected chi connectivity index (χ1v) is 18.4. The molecule has 0 amide bonds. The van der Waals surface area contributed by atoms with Crippen molar-refractivity contribution in [2.75, 3.05) is 26.2 Å². The number of carboxylic acids is 3. The highest BCUT2D eigenvalue weighted by Crippen LogP contribution is 2.19. The summed E-state index contributed by atoms with van der Waals surface area (Å²) in [5, 5.41) is 29.0. The van der Waals surface area contributed by atoms with Crippen molar-refractivity contribution in [3.63, 3.8) is 0 Å². The molecule has 0 radical (unpaired) electrons. The van der Waals surface area contributed by atoms with Crippen molar-refractivity contribution in [1.29, 1.82) is 0 Å². The molecule has 2 N–H and O–H groups in total. The Morgan fingerprint density at radius 2 is 0.841 bits per heavy atom. The molecule has 0 unspecified atom stereocenters. The van der Waals surface area contributed by atoms with Gasteiger partial charge in [0.2, 0.25) is 0 Å². The molecule has 44 heavy (non-hydrogen) atoms. The van der Waals surface area contributed by atoms with E-state index >= 15 is 0 Å². The Morgan fingerprint density at radius 3 is 1.23 bits per heavy atom. The van der Waals surface area contributed by atoms with Crippen molar-refractivity contribution in [2.45, 2.75) is 180 Å². The van der Waals surface area contributed by atoms with Crippen LogP contribution in [-0.2, 0) is 14.4 Å². The van der Waals surface area contributed by atoms with Gasteiger partial charge in [0.05, 0.1) is 26.2 Å². The Balaban J connectivity index is 4.30. The van der Waals surface area contributed by atoms with Crippen molar-refractivity contribution in [2.24, 2.45) is 0 Å². The molecule has 0 aromatic heterocycles. The first kappa shape index (κ1) is 42.1. The Hall–Kier alpha value is -1.89. The number of hydrogen-bond donors (Lipinski definition) is 2. The van der Waals surface area contributed by atoms with Gasteiger partial charge in [-0.15, -0.1) is 0 Å². The summed E-state index contributed by atoms with van der Waals surface area (Å²) in [6.07, 6.45) is 33.2. The van der Waals surface area contributed by atoms with E-state index in [1.54, 1.807) is 0 Å². The smallest absolute Gasteiger partial charge is 0.303 e. The van der Waals surface area contributed by atoms with Crippen LogP contribution in [0.2, 0.25) is 0 Å². The molecule has 0 heterocycles. The SMILES string of the molecule is CCCCCCCCCCCCCCCCCC/C=C/CC[N+](CCCCC(=O)[O-])(CCCCC(=O)O)CCCCC(=O)O. The molecule has 0 aromatic rings. The molecule has 0 spiro atoms. The maximum Gasteiger partial charge on any atom is 0.303 e. The van der Waals surface area contributed by atoms with E-state index in [2.05, 4.69) is 19.1 Å². The summed E-state index contributed by atoms with van der Waals surface area (Å²) < 4.78 is 0.801. The second-order valence-corrected chi connectivity index (χ2v) is 13.1. The van der Waals surface area contributed by atoms with Crippen LogP contribution in [0, 0.1) is 0 Å². The Kier molecular flexibility index (Phi) is 29.8. The first-order chi connectivity index (χ1) is 21.3. The molecule has 0 aliphatic carbocycles. The summed E-state index contributed by atoms with van der Waals surface area (Å²) >= 11 is 0. The maximum atomic E-state index is 11.0. The highest BCUT2D eigenvalue weighted by Gasteiger charge is 2.25. The van der Waals surface area contributed by atoms with Crippen LogP contribution in [0.25, 0.3) is 0 Å². The molecule has 7 heteroatoms. The molecule has 0 aliphatic heterocycles. The van der Waals surface area contributed by atoms with Crippen LogP contribution in [0.5, 0.6) is 0 Å². The van der Waals surface area contributed by atoms with E-state index in [0.29, 0.717) is 19.3 Å². The average molecular weight is 624 g/mol. The number of quaternary nitrogens is 1. The van der Waals surface area contributed by atoms with E-state index in [9.17, 15) is 19.5 Å². The van der Waals surface area contributed by atoms with Gasteiger partial charge in [-0.3, -0.25) is 9.59 Å². The highest BCUT2D eigenvalue weighted by atomic mass is 16.4. The standard InChI is InChI=1S/C37H69NO6/c1-2-3-4-5-6-7-8-9-10-11-12-13-14-15-16-17-18-19-20-24-31-38(32-25-21-28-35(39)40,33-26-22-29-36(41)42)34-27-23-30-37(43)44/h19-20H,2-18,21-34H2,1H3,(H2-,39,40,41,42,43,44)/b20-19+. The predicted octanol–water partition coefficient (Wildman–Crippen LogP) is 8.83. The van der Waals surface area contributed by atoms with Crippen LogP contribution >= 0.6 is 0 Å². The molecule has 7 nitrogen and oxygen atoms in total. The van der Waals surface area contributed by atoms with Crippen LogP contribution in [0.4, 0.5) is 0 Å².